The smallest absolute Gasteiger partial charge is 0.407 e. The van der Waals surface area contributed by atoms with Crippen molar-refractivity contribution in [1.82, 2.24) is 20.6 Å². The number of carbonyl (C=O) groups is 2. The molecule has 2 N–H and O–H groups in total. The van der Waals surface area contributed by atoms with Gasteiger partial charge in [-0.25, -0.2) is 14.8 Å². The van der Waals surface area contributed by atoms with Gasteiger partial charge in [0.1, 0.15) is 24.8 Å². The average molecular weight is 385 g/mol. The number of carbonyl (C=O) groups excluding carboxylic acids is 2. The maximum atomic E-state index is 11.9. The summed E-state index contributed by atoms with van der Waals surface area (Å²) in [4.78, 5) is 34.3. The van der Waals surface area contributed by atoms with E-state index in [0.29, 0.717) is 19.0 Å². The Balaban J connectivity index is 1.37. The second-order valence-corrected chi connectivity index (χ2v) is 6.12. The number of alkyl carbamates (subject to hydrolysis) is 1. The van der Waals surface area contributed by atoms with Crippen LogP contribution in [0.1, 0.15) is 11.4 Å². The van der Waals surface area contributed by atoms with Crippen LogP contribution in [0.5, 0.6) is 0 Å². The van der Waals surface area contributed by atoms with Crippen LogP contribution >= 0.6 is 0 Å². The summed E-state index contributed by atoms with van der Waals surface area (Å²) in [5.74, 6) is 0.964. The van der Waals surface area contributed by atoms with Crippen molar-refractivity contribution in [3.05, 3.63) is 54.0 Å². The lowest BCUT2D eigenvalue weighted by atomic mass is 10.2. The van der Waals surface area contributed by atoms with E-state index in [2.05, 4.69) is 25.5 Å². The van der Waals surface area contributed by atoms with Crippen LogP contribution in [0.2, 0.25) is 0 Å². The van der Waals surface area contributed by atoms with Crippen molar-refractivity contribution >= 4 is 17.8 Å². The average Bonchev–Trinajstić information content (AvgIpc) is 2.76. The van der Waals surface area contributed by atoms with Crippen LogP contribution in [-0.2, 0) is 27.4 Å². The first-order chi connectivity index (χ1) is 13.7. The van der Waals surface area contributed by atoms with E-state index in [1.54, 1.807) is 6.20 Å². The third-order valence-corrected chi connectivity index (χ3v) is 4.08. The minimum atomic E-state index is -0.649. The summed E-state index contributed by atoms with van der Waals surface area (Å²) in [6.07, 6.45) is 1.02. The lowest BCUT2D eigenvalue weighted by molar-refractivity contribution is -0.120. The van der Waals surface area contributed by atoms with Crippen LogP contribution in [0.25, 0.3) is 0 Å². The first-order valence-corrected chi connectivity index (χ1v) is 9.06. The molecule has 9 heteroatoms. The van der Waals surface area contributed by atoms with Crippen molar-refractivity contribution in [2.45, 2.75) is 13.2 Å². The minimum Gasteiger partial charge on any atom is -0.445 e. The van der Waals surface area contributed by atoms with Crippen molar-refractivity contribution < 1.29 is 19.1 Å². The monoisotopic (exact) mass is 385 g/mol. The standard InChI is InChI=1S/C19H23N5O4/c25-18(13-22-19(26)28-14-15-4-2-1-3-5-15)21-12-16-20-7-6-17(23-16)24-8-10-27-11-9-24/h1-7H,8-14H2,(H,21,25)(H,22,26). The molecule has 1 aromatic carbocycles. The topological polar surface area (TPSA) is 106 Å². The fraction of sp³-hybridized carbons (Fsp3) is 0.368. The highest BCUT2D eigenvalue weighted by Crippen LogP contribution is 2.11. The summed E-state index contributed by atoms with van der Waals surface area (Å²) >= 11 is 0. The first-order valence-electron chi connectivity index (χ1n) is 9.06. The molecule has 0 aliphatic carbocycles. The third-order valence-electron chi connectivity index (χ3n) is 4.08. The molecule has 148 valence electrons. The Hall–Kier alpha value is -3.20. The maximum absolute atomic E-state index is 11.9. The normalized spacial score (nSPS) is 13.6. The second-order valence-electron chi connectivity index (χ2n) is 6.12. The van der Waals surface area contributed by atoms with Gasteiger partial charge in [0.2, 0.25) is 5.91 Å². The molecule has 0 atom stereocenters. The molecule has 0 bridgehead atoms. The Labute approximate surface area is 163 Å². The van der Waals surface area contributed by atoms with E-state index in [9.17, 15) is 9.59 Å². The van der Waals surface area contributed by atoms with Gasteiger partial charge in [0.25, 0.3) is 0 Å². The molecular formula is C19H23N5O4. The fourth-order valence-electron chi connectivity index (χ4n) is 2.61. The van der Waals surface area contributed by atoms with Crippen LogP contribution in [-0.4, -0.2) is 54.8 Å². The first kappa shape index (κ1) is 19.6. The molecular weight excluding hydrogens is 362 g/mol. The Morgan fingerprint density at radius 1 is 1.11 bits per heavy atom. The number of benzene rings is 1. The van der Waals surface area contributed by atoms with Crippen LogP contribution in [0.15, 0.2) is 42.6 Å². The van der Waals surface area contributed by atoms with Crippen LogP contribution in [0.4, 0.5) is 10.6 Å². The van der Waals surface area contributed by atoms with Crippen molar-refractivity contribution in [3.8, 4) is 0 Å². The lowest BCUT2D eigenvalue weighted by Crippen LogP contribution is -2.38. The SMILES string of the molecule is O=C(CNC(=O)OCc1ccccc1)NCc1nccc(N2CCOCC2)n1. The highest BCUT2D eigenvalue weighted by Gasteiger charge is 2.13. The zero-order chi connectivity index (χ0) is 19.6. The van der Waals surface area contributed by atoms with Crippen LogP contribution in [0, 0.1) is 0 Å². The molecule has 0 spiro atoms. The van der Waals surface area contributed by atoms with Crippen molar-refractivity contribution in [2.24, 2.45) is 0 Å². The predicted octanol–water partition coefficient (Wildman–Crippen LogP) is 0.856. The second kappa shape index (κ2) is 10.2. The molecule has 2 aromatic rings. The van der Waals surface area contributed by atoms with Gasteiger partial charge in [-0.15, -0.1) is 0 Å². The molecule has 1 aliphatic heterocycles. The van der Waals surface area contributed by atoms with Gasteiger partial charge in [0.05, 0.1) is 19.8 Å². The number of hydrogen-bond acceptors (Lipinski definition) is 7. The van der Waals surface area contributed by atoms with E-state index in [1.165, 1.54) is 0 Å². The highest BCUT2D eigenvalue weighted by molar-refractivity contribution is 5.82. The van der Waals surface area contributed by atoms with E-state index in [0.717, 1.165) is 24.5 Å². The predicted molar refractivity (Wildman–Crippen MR) is 102 cm³/mol. The molecule has 0 saturated carbocycles. The zero-order valence-electron chi connectivity index (χ0n) is 15.5. The quantitative estimate of drug-likeness (QED) is 0.728. The van der Waals surface area contributed by atoms with Gasteiger partial charge in [0, 0.05) is 19.3 Å². The van der Waals surface area contributed by atoms with Crippen molar-refractivity contribution in [2.75, 3.05) is 37.7 Å². The minimum absolute atomic E-state index is 0.149. The number of morpholine rings is 1. The number of nitrogens with one attached hydrogen (secondary N) is 2. The molecule has 3 rings (SSSR count). The van der Waals surface area contributed by atoms with E-state index in [1.807, 2.05) is 36.4 Å². The van der Waals surface area contributed by atoms with Crippen molar-refractivity contribution in [3.63, 3.8) is 0 Å². The Kier molecular flexibility index (Phi) is 7.14. The third kappa shape index (κ3) is 6.20. The van der Waals surface area contributed by atoms with Crippen molar-refractivity contribution in [1.29, 1.82) is 0 Å². The van der Waals surface area contributed by atoms with Crippen LogP contribution in [0.3, 0.4) is 0 Å². The Morgan fingerprint density at radius 3 is 2.68 bits per heavy atom. The molecule has 1 saturated heterocycles. The van der Waals surface area contributed by atoms with E-state index >= 15 is 0 Å². The largest absolute Gasteiger partial charge is 0.445 e. The molecule has 1 aromatic heterocycles. The van der Waals surface area contributed by atoms with Crippen LogP contribution < -0.4 is 15.5 Å². The number of aromatic nitrogens is 2. The Bertz CT molecular complexity index is 781. The summed E-state index contributed by atoms with van der Waals surface area (Å²) in [6.45, 7) is 3.03. The summed E-state index contributed by atoms with van der Waals surface area (Å²) in [5.41, 5.74) is 0.874. The molecule has 0 unspecified atom stereocenters. The molecule has 2 amide bonds. The van der Waals surface area contributed by atoms with Gasteiger partial charge in [-0.3, -0.25) is 4.79 Å². The summed E-state index contributed by atoms with van der Waals surface area (Å²) < 4.78 is 10.4. The highest BCUT2D eigenvalue weighted by atomic mass is 16.5. The fourth-order valence-corrected chi connectivity index (χ4v) is 2.61. The van der Waals surface area contributed by atoms with Gasteiger partial charge < -0.3 is 25.0 Å². The van der Waals surface area contributed by atoms with Gasteiger partial charge in [-0.05, 0) is 11.6 Å². The summed E-state index contributed by atoms with van der Waals surface area (Å²) in [6, 6.07) is 11.1. The van der Waals surface area contributed by atoms with Gasteiger partial charge in [-0.1, -0.05) is 30.3 Å². The molecule has 9 nitrogen and oxygen atoms in total. The number of ether oxygens (including phenoxy) is 2. The number of anilines is 1. The number of amides is 2. The Morgan fingerprint density at radius 2 is 1.89 bits per heavy atom. The number of rotatable bonds is 7. The zero-order valence-corrected chi connectivity index (χ0v) is 15.5. The molecule has 0 radical (unpaired) electrons. The molecule has 2 heterocycles. The number of hydrogen-bond donors (Lipinski definition) is 2. The molecule has 1 fully saturated rings. The number of nitrogens with zero attached hydrogens (tertiary/aromatic N) is 3. The maximum Gasteiger partial charge on any atom is 0.407 e. The van der Waals surface area contributed by atoms with Gasteiger partial charge in [-0.2, -0.15) is 0 Å². The molecule has 1 aliphatic rings. The molecule has 28 heavy (non-hydrogen) atoms. The summed E-state index contributed by atoms with van der Waals surface area (Å²) in [5, 5.41) is 5.10. The van der Waals surface area contributed by atoms with E-state index < -0.39 is 6.09 Å². The van der Waals surface area contributed by atoms with E-state index in [-0.39, 0.29) is 25.6 Å². The van der Waals surface area contributed by atoms with E-state index in [4.69, 9.17) is 9.47 Å². The lowest BCUT2D eigenvalue weighted by Gasteiger charge is -2.27. The van der Waals surface area contributed by atoms with Gasteiger partial charge in [0.15, 0.2) is 0 Å². The summed E-state index contributed by atoms with van der Waals surface area (Å²) in [7, 11) is 0. The van der Waals surface area contributed by atoms with Gasteiger partial charge >= 0.3 is 6.09 Å².